The summed E-state index contributed by atoms with van der Waals surface area (Å²) in [5.74, 6) is 0.665. The second kappa shape index (κ2) is 28.2. The van der Waals surface area contributed by atoms with Crippen LogP contribution in [0.15, 0.2) is 146 Å². The Morgan fingerprint density at radius 2 is 0.610 bits per heavy atom. The van der Waals surface area contributed by atoms with E-state index in [0.717, 1.165) is 108 Å². The van der Waals surface area contributed by atoms with Crippen LogP contribution < -0.4 is 18.3 Å². The molecule has 428 valence electrons. The molecule has 4 aliphatic rings. The van der Waals surface area contributed by atoms with E-state index in [4.69, 9.17) is 11.0 Å². The second-order valence-electron chi connectivity index (χ2n) is 24.7. The van der Waals surface area contributed by atoms with E-state index in [0.29, 0.717) is 11.1 Å². The van der Waals surface area contributed by atoms with Crippen LogP contribution in [0.3, 0.4) is 0 Å². The summed E-state index contributed by atoms with van der Waals surface area (Å²) < 4.78 is 71.4. The van der Waals surface area contributed by atoms with Crippen molar-refractivity contribution in [3.8, 4) is 45.0 Å². The molecule has 0 N–H and O–H groups in total. The van der Waals surface area contributed by atoms with Gasteiger partial charge in [0.15, 0.2) is 24.8 Å². The first-order valence-electron chi connectivity index (χ1n) is 35.1. The minimum atomic E-state index is -2.08. The number of hydrogen-bond acceptors (Lipinski definition) is 0. The number of rotatable bonds is 8. The molecular weight excluding hydrogens is 993 g/mol. The van der Waals surface area contributed by atoms with Crippen molar-refractivity contribution >= 4 is 0 Å². The molecule has 0 unspecified atom stereocenters. The van der Waals surface area contributed by atoms with Crippen LogP contribution in [0.1, 0.15) is 217 Å². The summed E-state index contributed by atoms with van der Waals surface area (Å²) in [6, 6.07) is 41.8. The molecule has 82 heavy (non-hydrogen) atoms. The molecule has 0 bridgehead atoms. The topological polar surface area (TPSA) is 15.5 Å². The van der Waals surface area contributed by atoms with E-state index < -0.39 is 25.5 Å². The minimum absolute atomic E-state index is 0.374. The quantitative estimate of drug-likeness (QED) is 0.135. The Bertz CT molecular complexity index is 3780. The molecule has 8 aromatic rings. The number of pyridine rings is 4. The van der Waals surface area contributed by atoms with Crippen molar-refractivity contribution in [3.05, 3.63) is 213 Å². The molecule has 0 atom stereocenters. The molecule has 0 aliphatic heterocycles. The van der Waals surface area contributed by atoms with E-state index in [9.17, 15) is 0 Å². The van der Waals surface area contributed by atoms with Crippen molar-refractivity contribution in [1.82, 2.24) is 0 Å². The fraction of sp³-hybridized carbons (Fsp3) is 0.436. The van der Waals surface area contributed by atoms with Gasteiger partial charge in [-0.2, -0.15) is 0 Å². The highest BCUT2D eigenvalue weighted by molar-refractivity contribution is 5.64. The van der Waals surface area contributed by atoms with Gasteiger partial charge in [0.2, 0.25) is 22.8 Å². The van der Waals surface area contributed by atoms with Crippen molar-refractivity contribution in [1.29, 1.82) is 0 Å². The zero-order valence-electron chi connectivity index (χ0n) is 59.5. The third-order valence-corrected chi connectivity index (χ3v) is 18.3. The zero-order chi connectivity index (χ0) is 64.7. The molecule has 4 aromatic carbocycles. The molecule has 12 rings (SSSR count). The first-order chi connectivity index (χ1) is 42.7. The van der Waals surface area contributed by atoms with Crippen LogP contribution in [0.5, 0.6) is 0 Å². The highest BCUT2D eigenvalue weighted by atomic mass is 14.9. The van der Waals surface area contributed by atoms with Gasteiger partial charge >= 0.3 is 0 Å². The summed E-state index contributed by atoms with van der Waals surface area (Å²) in [5.41, 5.74) is 22.7. The SMILES string of the molecule is Cc1ccc(-c2ccc(C3CCCC3)cc2C)[n+](C)c1.Cc1ccc(-c2ccc(C3CCCCC3)c[n+]2C)c(C)c1.[2H]C([2H])([2H])c1ccc(-c2ccc(C3([2H])CCCC3)c[n+]2C)c(C)c1.[2H]C([2H])([2H])c1ccc(-c2ccc(C3([2H])CCCCC3)c[n+]2C)c(C)c1. The van der Waals surface area contributed by atoms with Gasteiger partial charge in [0.1, 0.15) is 28.2 Å². The number of nitrogens with zero attached hydrogens (tertiary/aromatic N) is 4. The first kappa shape index (κ1) is 50.0. The van der Waals surface area contributed by atoms with E-state index in [2.05, 4.69) is 170 Å². The van der Waals surface area contributed by atoms with Gasteiger partial charge in [-0.25, -0.2) is 18.3 Å². The molecule has 4 heteroatoms. The highest BCUT2D eigenvalue weighted by Crippen LogP contribution is 2.38. The van der Waals surface area contributed by atoms with Crippen LogP contribution in [0.25, 0.3) is 45.0 Å². The van der Waals surface area contributed by atoms with Crippen LogP contribution in [0.2, 0.25) is 0 Å². The van der Waals surface area contributed by atoms with Gasteiger partial charge in [-0.05, 0) is 207 Å². The molecule has 4 aromatic heterocycles. The fourth-order valence-electron chi connectivity index (χ4n) is 13.7. The van der Waals surface area contributed by atoms with Crippen LogP contribution in [0, 0.1) is 55.2 Å². The number of aryl methyl sites for hydroxylation is 12. The van der Waals surface area contributed by atoms with Crippen molar-refractivity contribution < 1.29 is 29.2 Å². The van der Waals surface area contributed by atoms with Crippen molar-refractivity contribution in [2.45, 2.75) is 194 Å². The Morgan fingerprint density at radius 1 is 0.305 bits per heavy atom. The Hall–Kier alpha value is -6.52. The third kappa shape index (κ3) is 15.2. The van der Waals surface area contributed by atoms with Crippen molar-refractivity contribution in [2.75, 3.05) is 0 Å². The van der Waals surface area contributed by atoms with Crippen LogP contribution in [-0.4, -0.2) is 0 Å². The molecule has 4 nitrogen and oxygen atoms in total. The lowest BCUT2D eigenvalue weighted by Crippen LogP contribution is -2.32. The monoisotopic (exact) mass is 1100 g/mol. The van der Waals surface area contributed by atoms with Crippen LogP contribution in [0.4, 0.5) is 0 Å². The highest BCUT2D eigenvalue weighted by Gasteiger charge is 2.25. The maximum Gasteiger partial charge on any atom is 0.212 e. The summed E-state index contributed by atoms with van der Waals surface area (Å²) in [6.07, 6.45) is 30.6. The average Bonchev–Trinajstić information content (AvgIpc) is 1.08. The molecule has 4 saturated carbocycles. The second-order valence-corrected chi connectivity index (χ2v) is 24.7. The van der Waals surface area contributed by atoms with Gasteiger partial charge in [0, 0.05) is 79.7 Å². The number of hydrogen-bond donors (Lipinski definition) is 0. The molecule has 0 saturated heterocycles. The predicted octanol–water partition coefficient (Wildman–Crippen LogP) is 18.6. The standard InChI is InChI=1S/2C20H26N.2C19H24N/c2*1-15-9-11-19(16(2)13-15)20-12-10-18(14-21(20)3)17-7-5-4-6-8-17;1-14-8-11-19(20(3)13-14)18-10-9-17(12-15(18)2)16-6-4-5-7-16;1-14-8-10-18(15(2)12-14)19-11-9-17(13-20(19)3)16-6-4-5-7-16/h2*9-14,17H,4-8H2,1-3H3;2*8-13,16H,4-7H2,1-3H3/q4*+1/i1D3,17D;;;1D3,16D. The summed E-state index contributed by atoms with van der Waals surface area (Å²) in [4.78, 5) is 0. The lowest BCUT2D eigenvalue weighted by molar-refractivity contribution is -0.661. The molecule has 4 fully saturated rings. The van der Waals surface area contributed by atoms with Gasteiger partial charge in [-0.15, -0.1) is 0 Å². The summed E-state index contributed by atoms with van der Waals surface area (Å²) >= 11 is 0. The molecular formula is C78H100N4+4. The Kier molecular flexibility index (Phi) is 17.2. The van der Waals surface area contributed by atoms with Gasteiger partial charge in [-0.3, -0.25) is 0 Å². The summed E-state index contributed by atoms with van der Waals surface area (Å²) in [5, 5.41) is 0. The summed E-state index contributed by atoms with van der Waals surface area (Å²) in [6.45, 7) is 8.49. The molecule has 0 radical (unpaired) electrons. The lowest BCUT2D eigenvalue weighted by atomic mass is 9.84. The average molecular weight is 1100 g/mol. The number of benzene rings is 4. The lowest BCUT2D eigenvalue weighted by Gasteiger charge is -2.21. The largest absolute Gasteiger partial charge is 0.212 e. The fourth-order valence-corrected chi connectivity index (χ4v) is 13.7. The molecule has 0 spiro atoms. The van der Waals surface area contributed by atoms with Gasteiger partial charge < -0.3 is 0 Å². The minimum Gasteiger partial charge on any atom is -0.201 e. The van der Waals surface area contributed by atoms with Crippen LogP contribution in [-0.2, 0) is 28.2 Å². The van der Waals surface area contributed by atoms with Gasteiger partial charge in [0.05, 0.1) is 0 Å². The Labute approximate surface area is 507 Å². The van der Waals surface area contributed by atoms with E-state index in [1.165, 1.54) is 115 Å². The zero-order valence-corrected chi connectivity index (χ0v) is 51.5. The normalized spacial score (nSPS) is 18.5. The maximum atomic E-state index is 8.80. The van der Waals surface area contributed by atoms with E-state index in [1.807, 2.05) is 40.1 Å². The van der Waals surface area contributed by atoms with E-state index >= 15 is 0 Å². The first-order valence-corrected chi connectivity index (χ1v) is 31.1. The van der Waals surface area contributed by atoms with Crippen molar-refractivity contribution in [3.63, 3.8) is 0 Å². The summed E-state index contributed by atoms with van der Waals surface area (Å²) in [7, 11) is 8.31. The third-order valence-electron chi connectivity index (χ3n) is 18.3. The maximum absolute atomic E-state index is 8.80. The Balaban J connectivity index is 0.000000143. The molecule has 4 heterocycles. The van der Waals surface area contributed by atoms with Crippen molar-refractivity contribution in [2.24, 2.45) is 28.2 Å². The van der Waals surface area contributed by atoms with E-state index in [1.54, 1.807) is 29.8 Å². The van der Waals surface area contributed by atoms with Crippen LogP contribution >= 0.6 is 0 Å². The Morgan fingerprint density at radius 3 is 1.02 bits per heavy atom. The van der Waals surface area contributed by atoms with E-state index in [-0.39, 0.29) is 0 Å². The number of aromatic nitrogens is 4. The predicted molar refractivity (Wildman–Crippen MR) is 344 cm³/mol. The van der Waals surface area contributed by atoms with Gasteiger partial charge in [-0.1, -0.05) is 129 Å². The molecule has 4 aliphatic carbocycles. The molecule has 0 amide bonds. The smallest absolute Gasteiger partial charge is 0.201 e. The van der Waals surface area contributed by atoms with Gasteiger partial charge in [0.25, 0.3) is 0 Å².